The standard InChI is InChI=1S/C20H19F2N3O2/c1-25(2)17-6-4-3-5-16(17)24-19(26)9-10-20-23-12-18(27-20)14-8-7-13(21)11-15(14)22/h3-8,11-12H,9-10H2,1-2H3,(H,24,26). The molecule has 0 fully saturated rings. The van der Waals surface area contributed by atoms with Crippen molar-refractivity contribution >= 4 is 17.3 Å². The van der Waals surface area contributed by atoms with Gasteiger partial charge in [0.2, 0.25) is 5.91 Å². The summed E-state index contributed by atoms with van der Waals surface area (Å²) in [6.45, 7) is 0. The van der Waals surface area contributed by atoms with Crippen LogP contribution in [-0.4, -0.2) is 25.0 Å². The SMILES string of the molecule is CN(C)c1ccccc1NC(=O)CCc1ncc(-c2ccc(F)cc2F)o1. The third-order valence-corrected chi connectivity index (χ3v) is 3.98. The Balaban J connectivity index is 1.63. The quantitative estimate of drug-likeness (QED) is 0.704. The molecule has 0 aliphatic rings. The third-order valence-electron chi connectivity index (χ3n) is 3.98. The fourth-order valence-electron chi connectivity index (χ4n) is 2.64. The average Bonchev–Trinajstić information content (AvgIpc) is 3.09. The molecule has 0 saturated heterocycles. The lowest BCUT2D eigenvalue weighted by molar-refractivity contribution is -0.116. The number of anilines is 2. The number of aromatic nitrogens is 1. The normalized spacial score (nSPS) is 10.7. The number of amides is 1. The van der Waals surface area contributed by atoms with Crippen molar-refractivity contribution in [2.24, 2.45) is 0 Å². The Hall–Kier alpha value is -3.22. The largest absolute Gasteiger partial charge is 0.441 e. The van der Waals surface area contributed by atoms with Crippen LogP contribution >= 0.6 is 0 Å². The van der Waals surface area contributed by atoms with Gasteiger partial charge in [0, 0.05) is 33.0 Å². The maximum absolute atomic E-state index is 13.8. The minimum absolute atomic E-state index is 0.125. The molecule has 0 unspecified atom stereocenters. The zero-order valence-electron chi connectivity index (χ0n) is 15.0. The van der Waals surface area contributed by atoms with Gasteiger partial charge in [-0.25, -0.2) is 13.8 Å². The zero-order chi connectivity index (χ0) is 19.4. The van der Waals surface area contributed by atoms with E-state index in [9.17, 15) is 13.6 Å². The van der Waals surface area contributed by atoms with Crippen LogP contribution in [-0.2, 0) is 11.2 Å². The Morgan fingerprint density at radius 3 is 2.70 bits per heavy atom. The minimum Gasteiger partial charge on any atom is -0.441 e. The molecule has 7 heteroatoms. The monoisotopic (exact) mass is 371 g/mol. The molecule has 0 aliphatic carbocycles. The number of oxazole rings is 1. The molecule has 2 aromatic carbocycles. The van der Waals surface area contributed by atoms with Crippen LogP contribution in [0.3, 0.4) is 0 Å². The Kier molecular flexibility index (Phi) is 5.49. The van der Waals surface area contributed by atoms with Crippen molar-refractivity contribution in [3.63, 3.8) is 0 Å². The highest BCUT2D eigenvalue weighted by Gasteiger charge is 2.14. The molecule has 0 radical (unpaired) electrons. The molecule has 0 aliphatic heterocycles. The summed E-state index contributed by atoms with van der Waals surface area (Å²) in [5.41, 5.74) is 1.74. The van der Waals surface area contributed by atoms with Crippen molar-refractivity contribution in [1.29, 1.82) is 0 Å². The molecule has 1 heterocycles. The Morgan fingerprint density at radius 1 is 1.19 bits per heavy atom. The highest BCUT2D eigenvalue weighted by molar-refractivity contribution is 5.94. The summed E-state index contributed by atoms with van der Waals surface area (Å²) in [6.07, 6.45) is 1.79. The predicted molar refractivity (Wildman–Crippen MR) is 99.6 cm³/mol. The Bertz CT molecular complexity index is 954. The van der Waals surface area contributed by atoms with E-state index in [-0.39, 0.29) is 30.1 Å². The summed E-state index contributed by atoms with van der Waals surface area (Å²) in [6, 6.07) is 10.7. The van der Waals surface area contributed by atoms with Crippen LogP contribution < -0.4 is 10.2 Å². The van der Waals surface area contributed by atoms with Gasteiger partial charge in [0.05, 0.1) is 23.1 Å². The first-order valence-corrected chi connectivity index (χ1v) is 8.40. The number of nitrogens with one attached hydrogen (secondary N) is 1. The lowest BCUT2D eigenvalue weighted by Gasteiger charge is -2.17. The zero-order valence-corrected chi connectivity index (χ0v) is 15.0. The van der Waals surface area contributed by atoms with E-state index in [0.29, 0.717) is 11.6 Å². The molecular formula is C20H19F2N3O2. The lowest BCUT2D eigenvalue weighted by Crippen LogP contribution is -2.16. The summed E-state index contributed by atoms with van der Waals surface area (Å²) < 4.78 is 32.3. The van der Waals surface area contributed by atoms with Gasteiger partial charge in [0.15, 0.2) is 11.7 Å². The number of hydrogen-bond acceptors (Lipinski definition) is 4. The van der Waals surface area contributed by atoms with Gasteiger partial charge in [-0.1, -0.05) is 12.1 Å². The van der Waals surface area contributed by atoms with E-state index in [1.54, 1.807) is 0 Å². The molecule has 1 amide bonds. The second-order valence-electron chi connectivity index (χ2n) is 6.20. The number of nitrogens with zero attached hydrogens (tertiary/aromatic N) is 2. The smallest absolute Gasteiger partial charge is 0.224 e. The lowest BCUT2D eigenvalue weighted by atomic mass is 10.2. The molecule has 140 valence electrons. The second-order valence-corrected chi connectivity index (χ2v) is 6.20. The summed E-state index contributed by atoms with van der Waals surface area (Å²) in [5, 5.41) is 2.86. The minimum atomic E-state index is -0.726. The fourth-order valence-corrected chi connectivity index (χ4v) is 2.64. The molecule has 3 aromatic rings. The number of rotatable bonds is 6. The van der Waals surface area contributed by atoms with Crippen molar-refractivity contribution in [2.45, 2.75) is 12.8 Å². The fraction of sp³-hybridized carbons (Fsp3) is 0.200. The van der Waals surface area contributed by atoms with Crippen LogP contribution in [0.1, 0.15) is 12.3 Å². The van der Waals surface area contributed by atoms with E-state index >= 15 is 0 Å². The van der Waals surface area contributed by atoms with Crippen LogP contribution in [0.5, 0.6) is 0 Å². The van der Waals surface area contributed by atoms with Crippen molar-refractivity contribution in [3.05, 3.63) is 66.2 Å². The number of hydrogen-bond donors (Lipinski definition) is 1. The van der Waals surface area contributed by atoms with E-state index in [1.807, 2.05) is 43.3 Å². The summed E-state index contributed by atoms with van der Waals surface area (Å²) in [7, 11) is 3.79. The van der Waals surface area contributed by atoms with Gasteiger partial charge in [-0.3, -0.25) is 4.79 Å². The number of halogens is 2. The maximum atomic E-state index is 13.8. The van der Waals surface area contributed by atoms with Gasteiger partial charge in [0.1, 0.15) is 11.6 Å². The molecule has 1 N–H and O–H groups in total. The molecular weight excluding hydrogens is 352 g/mol. The van der Waals surface area contributed by atoms with Crippen LogP contribution in [0, 0.1) is 11.6 Å². The van der Waals surface area contributed by atoms with Crippen LogP contribution in [0.4, 0.5) is 20.2 Å². The number of carbonyl (C=O) groups is 1. The van der Waals surface area contributed by atoms with E-state index in [2.05, 4.69) is 10.3 Å². The van der Waals surface area contributed by atoms with Crippen LogP contribution in [0.15, 0.2) is 53.1 Å². The Labute approximate surface area is 155 Å². The molecule has 3 rings (SSSR count). The second kappa shape index (κ2) is 7.99. The third kappa shape index (κ3) is 4.49. The number of aryl methyl sites for hydroxylation is 1. The molecule has 0 atom stereocenters. The van der Waals surface area contributed by atoms with Crippen molar-refractivity contribution in [2.75, 3.05) is 24.3 Å². The first-order valence-electron chi connectivity index (χ1n) is 8.40. The van der Waals surface area contributed by atoms with Gasteiger partial charge in [-0.2, -0.15) is 0 Å². The van der Waals surface area contributed by atoms with Crippen molar-refractivity contribution < 1.29 is 18.0 Å². The molecule has 5 nitrogen and oxygen atoms in total. The van der Waals surface area contributed by atoms with E-state index in [1.165, 1.54) is 12.3 Å². The summed E-state index contributed by atoms with van der Waals surface area (Å²) in [4.78, 5) is 18.2. The van der Waals surface area contributed by atoms with Gasteiger partial charge in [0.25, 0.3) is 0 Å². The Morgan fingerprint density at radius 2 is 1.96 bits per heavy atom. The van der Waals surface area contributed by atoms with Crippen molar-refractivity contribution in [3.8, 4) is 11.3 Å². The van der Waals surface area contributed by atoms with Crippen LogP contribution in [0.2, 0.25) is 0 Å². The summed E-state index contributed by atoms with van der Waals surface area (Å²) >= 11 is 0. The topological polar surface area (TPSA) is 58.4 Å². The first-order chi connectivity index (χ1) is 12.9. The first kappa shape index (κ1) is 18.6. The van der Waals surface area contributed by atoms with Gasteiger partial charge < -0.3 is 14.6 Å². The van der Waals surface area contributed by atoms with Gasteiger partial charge in [-0.15, -0.1) is 0 Å². The highest BCUT2D eigenvalue weighted by Crippen LogP contribution is 2.25. The molecule has 27 heavy (non-hydrogen) atoms. The average molecular weight is 371 g/mol. The van der Waals surface area contributed by atoms with E-state index in [0.717, 1.165) is 17.8 Å². The van der Waals surface area contributed by atoms with Crippen LogP contribution in [0.25, 0.3) is 11.3 Å². The van der Waals surface area contributed by atoms with E-state index in [4.69, 9.17) is 4.42 Å². The number of para-hydroxylation sites is 2. The molecule has 0 bridgehead atoms. The predicted octanol–water partition coefficient (Wildman–Crippen LogP) is 4.26. The maximum Gasteiger partial charge on any atom is 0.224 e. The molecule has 1 aromatic heterocycles. The molecule has 0 saturated carbocycles. The molecule has 0 spiro atoms. The van der Waals surface area contributed by atoms with E-state index < -0.39 is 11.6 Å². The van der Waals surface area contributed by atoms with Crippen molar-refractivity contribution in [1.82, 2.24) is 4.98 Å². The number of carbonyl (C=O) groups excluding carboxylic acids is 1. The summed E-state index contributed by atoms with van der Waals surface area (Å²) in [5.74, 6) is -1.07. The van der Waals surface area contributed by atoms with Gasteiger partial charge in [-0.05, 0) is 24.3 Å². The highest BCUT2D eigenvalue weighted by atomic mass is 19.1. The number of benzene rings is 2. The van der Waals surface area contributed by atoms with Gasteiger partial charge >= 0.3 is 0 Å².